The predicted molar refractivity (Wildman–Crippen MR) is 125 cm³/mol. The molecule has 0 saturated heterocycles. The molecule has 1 N–H and O–H groups in total. The van der Waals surface area contributed by atoms with E-state index in [2.05, 4.69) is 12.2 Å². The Morgan fingerprint density at radius 3 is 2.23 bits per heavy atom. The van der Waals surface area contributed by atoms with E-state index in [1.165, 1.54) is 0 Å². The minimum absolute atomic E-state index is 0.163. The van der Waals surface area contributed by atoms with Crippen LogP contribution in [-0.4, -0.2) is 25.0 Å². The summed E-state index contributed by atoms with van der Waals surface area (Å²) in [6.45, 7) is 5.21. The maximum absolute atomic E-state index is 13.2. The molecule has 0 fully saturated rings. The van der Waals surface area contributed by atoms with E-state index < -0.39 is 0 Å². The molecule has 3 rings (SSSR count). The molecule has 0 spiro atoms. The van der Waals surface area contributed by atoms with Crippen LogP contribution in [0.15, 0.2) is 78.9 Å². The van der Waals surface area contributed by atoms with Gasteiger partial charge in [-0.25, -0.2) is 0 Å². The number of carbonyl (C=O) groups excluding carboxylic acids is 2. The lowest BCUT2D eigenvalue weighted by molar-refractivity contribution is 0.0989. The molecule has 0 aromatic heterocycles. The lowest BCUT2D eigenvalue weighted by atomic mass is 10.1. The Labute approximate surface area is 183 Å². The van der Waals surface area contributed by atoms with Gasteiger partial charge in [0.25, 0.3) is 11.8 Å². The van der Waals surface area contributed by atoms with Crippen LogP contribution in [0.3, 0.4) is 0 Å². The SMILES string of the molecule is CCCCOc1ccc(C(=O)Nc2ccccc2C(=O)N(CC)c2ccccc2)cc1. The molecule has 160 valence electrons. The Morgan fingerprint density at radius 2 is 1.55 bits per heavy atom. The third kappa shape index (κ3) is 5.72. The predicted octanol–water partition coefficient (Wildman–Crippen LogP) is 5.78. The first-order valence-electron chi connectivity index (χ1n) is 10.6. The fourth-order valence-corrected chi connectivity index (χ4v) is 3.21. The first-order chi connectivity index (χ1) is 15.1. The number of carbonyl (C=O) groups is 2. The number of benzene rings is 3. The zero-order valence-electron chi connectivity index (χ0n) is 18.0. The second-order valence-electron chi connectivity index (χ2n) is 7.11. The van der Waals surface area contributed by atoms with Crippen LogP contribution in [0.25, 0.3) is 0 Å². The zero-order valence-corrected chi connectivity index (χ0v) is 18.0. The summed E-state index contributed by atoms with van der Waals surface area (Å²) < 4.78 is 5.65. The van der Waals surface area contributed by atoms with Crippen molar-refractivity contribution in [2.24, 2.45) is 0 Å². The summed E-state index contributed by atoms with van der Waals surface area (Å²) in [5.74, 6) is 0.300. The van der Waals surface area contributed by atoms with Crippen LogP contribution in [-0.2, 0) is 0 Å². The average Bonchev–Trinajstić information content (AvgIpc) is 2.81. The van der Waals surface area contributed by atoms with Crippen molar-refractivity contribution in [1.82, 2.24) is 0 Å². The highest BCUT2D eigenvalue weighted by atomic mass is 16.5. The Balaban J connectivity index is 1.75. The van der Waals surface area contributed by atoms with E-state index in [0.29, 0.717) is 30.0 Å². The van der Waals surface area contributed by atoms with Crippen LogP contribution >= 0.6 is 0 Å². The van der Waals surface area contributed by atoms with Gasteiger partial charge in [0.15, 0.2) is 0 Å². The molecule has 0 atom stereocenters. The van der Waals surface area contributed by atoms with Crippen LogP contribution in [0.1, 0.15) is 47.4 Å². The van der Waals surface area contributed by atoms with Gasteiger partial charge >= 0.3 is 0 Å². The number of hydrogen-bond acceptors (Lipinski definition) is 3. The Bertz CT molecular complexity index is 1000. The molecule has 0 aliphatic rings. The highest BCUT2D eigenvalue weighted by molar-refractivity contribution is 6.13. The summed E-state index contributed by atoms with van der Waals surface area (Å²) in [6, 6.07) is 23.6. The van der Waals surface area contributed by atoms with E-state index in [9.17, 15) is 9.59 Å². The van der Waals surface area contributed by atoms with E-state index in [1.807, 2.05) is 37.3 Å². The summed E-state index contributed by atoms with van der Waals surface area (Å²) in [7, 11) is 0. The minimum atomic E-state index is -0.275. The molecule has 3 aromatic rings. The number of rotatable bonds is 9. The molecule has 2 amide bonds. The molecule has 0 aliphatic carbocycles. The number of amides is 2. The number of hydrogen-bond donors (Lipinski definition) is 1. The van der Waals surface area contributed by atoms with E-state index in [-0.39, 0.29) is 11.8 Å². The second kappa shape index (κ2) is 11.0. The normalized spacial score (nSPS) is 10.4. The van der Waals surface area contributed by atoms with Crippen LogP contribution in [0.5, 0.6) is 5.75 Å². The molecule has 0 heterocycles. The average molecular weight is 417 g/mol. The van der Waals surface area contributed by atoms with Gasteiger partial charge in [-0.3, -0.25) is 9.59 Å². The van der Waals surface area contributed by atoms with Crippen molar-refractivity contribution in [3.63, 3.8) is 0 Å². The van der Waals surface area contributed by atoms with E-state index in [0.717, 1.165) is 24.3 Å². The number of anilines is 2. The molecule has 0 radical (unpaired) electrons. The molecule has 5 nitrogen and oxygen atoms in total. The lowest BCUT2D eigenvalue weighted by Crippen LogP contribution is -2.31. The van der Waals surface area contributed by atoms with Gasteiger partial charge in [0.2, 0.25) is 0 Å². The fourth-order valence-electron chi connectivity index (χ4n) is 3.21. The topological polar surface area (TPSA) is 58.6 Å². The summed E-state index contributed by atoms with van der Waals surface area (Å²) in [4.78, 5) is 27.7. The van der Waals surface area contributed by atoms with Crippen molar-refractivity contribution in [3.05, 3.63) is 90.0 Å². The van der Waals surface area contributed by atoms with E-state index >= 15 is 0 Å². The first-order valence-corrected chi connectivity index (χ1v) is 10.6. The smallest absolute Gasteiger partial charge is 0.260 e. The van der Waals surface area contributed by atoms with Gasteiger partial charge in [-0.1, -0.05) is 43.7 Å². The lowest BCUT2D eigenvalue weighted by Gasteiger charge is -2.22. The third-order valence-electron chi connectivity index (χ3n) is 4.92. The number of para-hydroxylation sites is 2. The molecule has 0 bridgehead atoms. The van der Waals surface area contributed by atoms with Crippen LogP contribution < -0.4 is 15.0 Å². The standard InChI is InChI=1S/C26H28N2O3/c1-3-5-19-31-22-17-15-20(16-18-22)25(29)27-24-14-10-9-13-23(24)26(30)28(4-2)21-11-7-6-8-12-21/h6-18H,3-5,19H2,1-2H3,(H,27,29). The van der Waals surface area contributed by atoms with Crippen molar-refractivity contribution >= 4 is 23.2 Å². The number of nitrogens with one attached hydrogen (secondary N) is 1. The number of unbranched alkanes of at least 4 members (excludes halogenated alkanes) is 1. The van der Waals surface area contributed by atoms with Crippen molar-refractivity contribution in [2.45, 2.75) is 26.7 Å². The van der Waals surface area contributed by atoms with Crippen molar-refractivity contribution in [3.8, 4) is 5.75 Å². The largest absolute Gasteiger partial charge is 0.494 e. The number of nitrogens with zero attached hydrogens (tertiary/aromatic N) is 1. The molecule has 31 heavy (non-hydrogen) atoms. The quantitative estimate of drug-likeness (QED) is 0.450. The van der Waals surface area contributed by atoms with Crippen LogP contribution in [0.4, 0.5) is 11.4 Å². The van der Waals surface area contributed by atoms with Gasteiger partial charge in [-0.2, -0.15) is 0 Å². The van der Waals surface area contributed by atoms with Crippen LogP contribution in [0.2, 0.25) is 0 Å². The highest BCUT2D eigenvalue weighted by Crippen LogP contribution is 2.23. The van der Waals surface area contributed by atoms with Gasteiger partial charge in [0, 0.05) is 17.8 Å². The van der Waals surface area contributed by atoms with Crippen LogP contribution in [0, 0.1) is 0 Å². The molecule has 3 aromatic carbocycles. The minimum Gasteiger partial charge on any atom is -0.494 e. The molecule has 5 heteroatoms. The summed E-state index contributed by atoms with van der Waals surface area (Å²) in [5, 5.41) is 2.88. The molecule has 0 saturated carbocycles. The monoisotopic (exact) mass is 416 g/mol. The Morgan fingerprint density at radius 1 is 0.871 bits per heavy atom. The van der Waals surface area contributed by atoms with E-state index in [1.54, 1.807) is 53.4 Å². The maximum atomic E-state index is 13.2. The van der Waals surface area contributed by atoms with E-state index in [4.69, 9.17) is 4.74 Å². The van der Waals surface area contributed by atoms with Crippen molar-refractivity contribution < 1.29 is 14.3 Å². The molecular formula is C26H28N2O3. The summed E-state index contributed by atoms with van der Waals surface area (Å²) in [6.07, 6.45) is 2.06. The highest BCUT2D eigenvalue weighted by Gasteiger charge is 2.20. The number of ether oxygens (including phenoxy) is 1. The Hall–Kier alpha value is -3.60. The summed E-state index contributed by atoms with van der Waals surface area (Å²) in [5.41, 5.74) is 2.24. The van der Waals surface area contributed by atoms with Gasteiger partial charge in [0.1, 0.15) is 5.75 Å². The third-order valence-corrected chi connectivity index (χ3v) is 4.92. The fraction of sp³-hybridized carbons (Fsp3) is 0.231. The zero-order chi connectivity index (χ0) is 22.1. The summed E-state index contributed by atoms with van der Waals surface area (Å²) >= 11 is 0. The maximum Gasteiger partial charge on any atom is 0.260 e. The second-order valence-corrected chi connectivity index (χ2v) is 7.11. The van der Waals surface area contributed by atoms with Gasteiger partial charge in [0.05, 0.1) is 17.9 Å². The molecular weight excluding hydrogens is 388 g/mol. The van der Waals surface area contributed by atoms with Crippen molar-refractivity contribution in [2.75, 3.05) is 23.4 Å². The first kappa shape index (κ1) is 22.1. The Kier molecular flexibility index (Phi) is 7.82. The van der Waals surface area contributed by atoms with Gasteiger partial charge in [-0.15, -0.1) is 0 Å². The van der Waals surface area contributed by atoms with Crippen molar-refractivity contribution in [1.29, 1.82) is 0 Å². The van der Waals surface area contributed by atoms with Gasteiger partial charge in [-0.05, 0) is 61.9 Å². The van der Waals surface area contributed by atoms with Gasteiger partial charge < -0.3 is 15.0 Å². The molecule has 0 aliphatic heterocycles. The molecule has 0 unspecified atom stereocenters.